The Morgan fingerprint density at radius 2 is 0.913 bits per heavy atom. The molecule has 5 heteroatoms. The second kappa shape index (κ2) is 26.4. The van der Waals surface area contributed by atoms with Crippen molar-refractivity contribution in [3.63, 3.8) is 0 Å². The van der Waals surface area contributed by atoms with Crippen LogP contribution in [-0.4, -0.2) is 28.2 Å². The van der Waals surface area contributed by atoms with E-state index in [1.165, 1.54) is 31.0 Å². The molecule has 4 nitrogen and oxygen atoms in total. The quantitative estimate of drug-likeness (QED) is 0.403. The summed E-state index contributed by atoms with van der Waals surface area (Å²) in [4.78, 5) is 19.8. The summed E-state index contributed by atoms with van der Waals surface area (Å²) in [5.41, 5.74) is 0. The van der Waals surface area contributed by atoms with Gasteiger partial charge in [-0.3, -0.25) is 0 Å². The Labute approximate surface area is 151 Å². The van der Waals surface area contributed by atoms with Gasteiger partial charge in [-0.05, 0) is 25.7 Å². The number of carbonyl (C=O) groups excluding carboxylic acids is 2. The summed E-state index contributed by atoms with van der Waals surface area (Å²) in [7, 11) is 0. The first-order valence-corrected chi connectivity index (χ1v) is 9.87. The normalized spacial score (nSPS) is 9.26. The third-order valence-electron chi connectivity index (χ3n) is 2.97. The van der Waals surface area contributed by atoms with Gasteiger partial charge in [0.15, 0.2) is 0 Å². The van der Waals surface area contributed by atoms with Crippen LogP contribution >= 0.6 is 0 Å². The summed E-state index contributed by atoms with van der Waals surface area (Å²) in [5.74, 6) is -1.84. The summed E-state index contributed by atoms with van der Waals surface area (Å²) < 4.78 is 0. The Morgan fingerprint density at radius 3 is 1.13 bits per heavy atom. The standard InChI is InChI=1S/2C8H16O2.C2H5.Al/c2*1-2-3-4-5-6-7-8(9)10;1-2;/h2*2-7H2,1H3,(H,9,10);1H2,2H3;/q;;;+2/p-2. The minimum absolute atomic E-state index is 0.226. The number of aliphatic carboxylic acids is 2. The van der Waals surface area contributed by atoms with E-state index in [0.717, 1.165) is 38.5 Å². The van der Waals surface area contributed by atoms with E-state index in [0.29, 0.717) is 0 Å². The van der Waals surface area contributed by atoms with Crippen molar-refractivity contribution in [1.82, 2.24) is 0 Å². The van der Waals surface area contributed by atoms with Crippen LogP contribution in [0.25, 0.3) is 0 Å². The molecule has 0 saturated carbocycles. The van der Waals surface area contributed by atoms with Gasteiger partial charge in [0.05, 0.1) is 0 Å². The van der Waals surface area contributed by atoms with Gasteiger partial charge in [-0.2, -0.15) is 0 Å². The van der Waals surface area contributed by atoms with E-state index < -0.39 is 11.9 Å². The Kier molecular flexibility index (Phi) is 31.3. The van der Waals surface area contributed by atoms with Gasteiger partial charge >= 0.3 is 28.5 Å². The van der Waals surface area contributed by atoms with Gasteiger partial charge in [0.1, 0.15) is 0 Å². The Bertz CT molecular complexity index is 221. The SMILES string of the molecule is CCCCCCCC(=O)[O-].CCCCCCCC(=O)[O-].C[CH2][Al+2]. The maximum absolute atomic E-state index is 9.92. The molecule has 0 N–H and O–H groups in total. The molecule has 0 heterocycles. The summed E-state index contributed by atoms with van der Waals surface area (Å²) >= 11 is 2.58. The van der Waals surface area contributed by atoms with Crippen LogP contribution in [0.15, 0.2) is 0 Å². The fourth-order valence-electron chi connectivity index (χ4n) is 1.75. The van der Waals surface area contributed by atoms with Gasteiger partial charge in [0.25, 0.3) is 0 Å². The molecule has 0 aromatic carbocycles. The Balaban J connectivity index is -0.000000297. The molecule has 0 aliphatic heterocycles. The van der Waals surface area contributed by atoms with Gasteiger partial charge in [-0.25, -0.2) is 0 Å². The molecule has 0 fully saturated rings. The fraction of sp³-hybridized carbons (Fsp3) is 0.889. The molecule has 0 unspecified atom stereocenters. The molecule has 0 spiro atoms. The topological polar surface area (TPSA) is 80.3 Å². The van der Waals surface area contributed by atoms with E-state index in [1.54, 1.807) is 0 Å². The van der Waals surface area contributed by atoms with Gasteiger partial charge in [-0.1, -0.05) is 65.2 Å². The molecular formula is C18H35AlO4. The van der Waals surface area contributed by atoms with Crippen molar-refractivity contribution in [3.05, 3.63) is 0 Å². The molecule has 0 rings (SSSR count). The van der Waals surface area contributed by atoms with Crippen molar-refractivity contribution in [2.24, 2.45) is 0 Å². The van der Waals surface area contributed by atoms with Crippen LogP contribution in [0.5, 0.6) is 0 Å². The van der Waals surface area contributed by atoms with Crippen molar-refractivity contribution >= 4 is 28.2 Å². The Hall–Kier alpha value is -0.528. The van der Waals surface area contributed by atoms with E-state index in [2.05, 4.69) is 37.1 Å². The van der Waals surface area contributed by atoms with Crippen LogP contribution < -0.4 is 10.2 Å². The number of hydrogen-bond donors (Lipinski definition) is 0. The average Bonchev–Trinajstić information content (AvgIpc) is 2.48. The zero-order valence-corrected chi connectivity index (χ0v) is 16.6. The average molecular weight is 342 g/mol. The van der Waals surface area contributed by atoms with Crippen molar-refractivity contribution in [2.45, 2.75) is 103 Å². The van der Waals surface area contributed by atoms with E-state index in [9.17, 15) is 19.8 Å². The first-order valence-electron chi connectivity index (χ1n) is 9.05. The van der Waals surface area contributed by atoms with Crippen LogP contribution in [0, 0.1) is 0 Å². The third-order valence-corrected chi connectivity index (χ3v) is 2.97. The number of carboxylic acid groups (broad SMARTS) is 2. The van der Waals surface area contributed by atoms with E-state index in [1.807, 2.05) is 0 Å². The number of carbonyl (C=O) groups is 2. The number of carboxylic acids is 2. The first kappa shape index (κ1) is 27.3. The number of rotatable bonds is 12. The molecule has 0 bridgehead atoms. The number of unbranched alkanes of at least 4 members (excludes halogenated alkanes) is 8. The van der Waals surface area contributed by atoms with Gasteiger partial charge in [0.2, 0.25) is 0 Å². The predicted molar refractivity (Wildman–Crippen MR) is 93.0 cm³/mol. The van der Waals surface area contributed by atoms with Crippen molar-refractivity contribution in [2.75, 3.05) is 0 Å². The zero-order valence-electron chi connectivity index (χ0n) is 15.4. The van der Waals surface area contributed by atoms with E-state index in [4.69, 9.17) is 0 Å². The fourth-order valence-corrected chi connectivity index (χ4v) is 1.75. The molecule has 0 atom stereocenters. The summed E-state index contributed by atoms with van der Waals surface area (Å²) in [6.45, 7) is 6.36. The molecule has 0 radical (unpaired) electrons. The molecule has 0 amide bonds. The van der Waals surface area contributed by atoms with E-state index >= 15 is 0 Å². The third kappa shape index (κ3) is 44.9. The molecule has 23 heavy (non-hydrogen) atoms. The summed E-state index contributed by atoms with van der Waals surface area (Å²) in [6.07, 6.45) is 11.2. The maximum atomic E-state index is 9.92. The van der Waals surface area contributed by atoms with Gasteiger partial charge < -0.3 is 19.8 Å². The van der Waals surface area contributed by atoms with Gasteiger partial charge in [-0.15, -0.1) is 0 Å². The molecule has 0 aromatic heterocycles. The van der Waals surface area contributed by atoms with Crippen LogP contribution in [0.4, 0.5) is 0 Å². The monoisotopic (exact) mass is 342 g/mol. The molecule has 0 aromatic rings. The molecule has 0 aliphatic rings. The zero-order chi connectivity index (χ0) is 18.3. The van der Waals surface area contributed by atoms with Gasteiger partial charge in [0, 0.05) is 11.9 Å². The first-order chi connectivity index (χ1) is 11.0. The molecule has 0 aliphatic carbocycles. The molecule has 0 saturated heterocycles. The van der Waals surface area contributed by atoms with E-state index in [-0.39, 0.29) is 12.8 Å². The second-order valence-electron chi connectivity index (χ2n) is 5.48. The van der Waals surface area contributed by atoms with Crippen LogP contribution in [0.3, 0.4) is 0 Å². The second-order valence-corrected chi connectivity index (χ2v) is 6.30. The van der Waals surface area contributed by atoms with Crippen LogP contribution in [-0.2, 0) is 9.59 Å². The summed E-state index contributed by atoms with van der Waals surface area (Å²) in [5, 5.41) is 21.0. The van der Waals surface area contributed by atoms with Crippen molar-refractivity contribution in [3.8, 4) is 0 Å². The summed E-state index contributed by atoms with van der Waals surface area (Å²) in [6, 6.07) is 0. The minimum atomic E-state index is -0.920. The predicted octanol–water partition coefficient (Wildman–Crippen LogP) is 2.79. The van der Waals surface area contributed by atoms with Crippen molar-refractivity contribution < 1.29 is 19.8 Å². The van der Waals surface area contributed by atoms with Crippen LogP contribution in [0.2, 0.25) is 5.28 Å². The molecular weight excluding hydrogens is 307 g/mol. The van der Waals surface area contributed by atoms with Crippen LogP contribution in [0.1, 0.15) is 97.8 Å². The Morgan fingerprint density at radius 1 is 0.652 bits per heavy atom. The molecule has 134 valence electrons. The van der Waals surface area contributed by atoms with Crippen molar-refractivity contribution in [1.29, 1.82) is 0 Å². The number of hydrogen-bond acceptors (Lipinski definition) is 4.